The van der Waals surface area contributed by atoms with E-state index in [2.05, 4.69) is 106 Å². The SMILES string of the molecule is C=Cc1ccc(C2=CCC3(C)CN(C(=C)c4ccccc4C4=Nc5c(Cl)cccc5C4)CC=C3C2(C)C)cc1. The maximum Gasteiger partial charge on any atom is 0.0855 e. The fourth-order valence-electron chi connectivity index (χ4n) is 6.91. The van der Waals surface area contributed by atoms with Crippen molar-refractivity contribution in [2.45, 2.75) is 33.6 Å². The van der Waals surface area contributed by atoms with Crippen molar-refractivity contribution >= 4 is 40.3 Å². The van der Waals surface area contributed by atoms with E-state index in [0.717, 1.165) is 59.7 Å². The second kappa shape index (κ2) is 9.54. The number of hydrogen-bond donors (Lipinski definition) is 0. The molecule has 0 saturated heterocycles. The zero-order valence-corrected chi connectivity index (χ0v) is 23.9. The molecule has 6 rings (SSSR count). The van der Waals surface area contributed by atoms with Gasteiger partial charge in [0.1, 0.15) is 0 Å². The molecule has 0 aromatic heterocycles. The summed E-state index contributed by atoms with van der Waals surface area (Å²) < 4.78 is 0. The van der Waals surface area contributed by atoms with E-state index in [1.54, 1.807) is 0 Å². The summed E-state index contributed by atoms with van der Waals surface area (Å²) in [6.07, 6.45) is 8.63. The van der Waals surface area contributed by atoms with Crippen molar-refractivity contribution in [1.82, 2.24) is 4.90 Å². The van der Waals surface area contributed by atoms with Crippen LogP contribution in [0.3, 0.4) is 0 Å². The Morgan fingerprint density at radius 3 is 2.49 bits per heavy atom. The van der Waals surface area contributed by atoms with Crippen molar-refractivity contribution in [2.24, 2.45) is 15.8 Å². The van der Waals surface area contributed by atoms with Crippen LogP contribution in [-0.4, -0.2) is 23.7 Å². The van der Waals surface area contributed by atoms with Crippen LogP contribution in [0.5, 0.6) is 0 Å². The third-order valence-electron chi connectivity index (χ3n) is 8.87. The lowest BCUT2D eigenvalue weighted by Gasteiger charge is -2.51. The molecule has 3 heteroatoms. The van der Waals surface area contributed by atoms with Crippen LogP contribution < -0.4 is 0 Å². The van der Waals surface area contributed by atoms with Gasteiger partial charge in [-0.1, -0.05) is 130 Å². The summed E-state index contributed by atoms with van der Waals surface area (Å²) >= 11 is 6.46. The Hall–Kier alpha value is -3.62. The summed E-state index contributed by atoms with van der Waals surface area (Å²) in [5.74, 6) is 0. The summed E-state index contributed by atoms with van der Waals surface area (Å²) in [5, 5.41) is 0.712. The number of aliphatic imine (C=N–C) groups is 1. The molecule has 2 aliphatic heterocycles. The van der Waals surface area contributed by atoms with E-state index >= 15 is 0 Å². The van der Waals surface area contributed by atoms with E-state index < -0.39 is 0 Å². The summed E-state index contributed by atoms with van der Waals surface area (Å²) in [6.45, 7) is 17.5. The highest BCUT2D eigenvalue weighted by molar-refractivity contribution is 6.33. The quantitative estimate of drug-likeness (QED) is 0.300. The number of rotatable bonds is 5. The molecule has 0 bridgehead atoms. The lowest BCUT2D eigenvalue weighted by Crippen LogP contribution is -2.46. The van der Waals surface area contributed by atoms with Crippen LogP contribution in [0.1, 0.15) is 55.0 Å². The molecule has 0 spiro atoms. The molecular formula is C36H35ClN2. The molecule has 0 N–H and O–H groups in total. The normalized spacial score (nSPS) is 21.3. The van der Waals surface area contributed by atoms with Crippen LogP contribution in [-0.2, 0) is 6.42 Å². The zero-order chi connectivity index (χ0) is 27.4. The topological polar surface area (TPSA) is 15.6 Å². The summed E-state index contributed by atoms with van der Waals surface area (Å²) in [6, 6.07) is 23.4. The van der Waals surface area contributed by atoms with E-state index in [1.807, 2.05) is 18.2 Å². The maximum atomic E-state index is 6.46. The molecule has 0 saturated carbocycles. The Kier molecular flexibility index (Phi) is 6.27. The fraction of sp³-hybridized carbons (Fsp3) is 0.250. The standard InChI is InChI=1S/C36H35ClN2/c1-6-25-14-16-26(17-15-25)30-18-20-36(5)23-39(21-19-33(36)35(30,3)4)24(2)28-11-7-8-12-29(28)32-22-27-10-9-13-31(37)34(27)38-32/h6-19H,1-2,20-23H2,3-5H3. The lowest BCUT2D eigenvalue weighted by atomic mass is 9.58. The van der Waals surface area contributed by atoms with Gasteiger partial charge in [0.2, 0.25) is 0 Å². The highest BCUT2D eigenvalue weighted by atomic mass is 35.5. The molecule has 2 nitrogen and oxygen atoms in total. The third kappa shape index (κ3) is 4.32. The molecule has 39 heavy (non-hydrogen) atoms. The molecule has 0 fully saturated rings. The van der Waals surface area contributed by atoms with Crippen LogP contribution in [0.2, 0.25) is 5.02 Å². The second-order valence-electron chi connectivity index (χ2n) is 11.8. The molecule has 1 aliphatic carbocycles. The molecule has 2 heterocycles. The second-order valence-corrected chi connectivity index (χ2v) is 12.2. The van der Waals surface area contributed by atoms with Crippen molar-refractivity contribution < 1.29 is 0 Å². The van der Waals surface area contributed by atoms with Crippen molar-refractivity contribution in [1.29, 1.82) is 0 Å². The van der Waals surface area contributed by atoms with Gasteiger partial charge in [-0.05, 0) is 34.8 Å². The first-order chi connectivity index (χ1) is 18.7. The lowest BCUT2D eigenvalue weighted by molar-refractivity contribution is 0.219. The molecule has 3 aromatic carbocycles. The molecular weight excluding hydrogens is 496 g/mol. The van der Waals surface area contributed by atoms with Gasteiger partial charge in [-0.3, -0.25) is 4.99 Å². The number of benzene rings is 3. The van der Waals surface area contributed by atoms with Gasteiger partial charge in [-0.15, -0.1) is 0 Å². The van der Waals surface area contributed by atoms with Crippen molar-refractivity contribution in [3.05, 3.63) is 130 Å². The number of hydrogen-bond acceptors (Lipinski definition) is 2. The van der Waals surface area contributed by atoms with Crippen molar-refractivity contribution in [3.63, 3.8) is 0 Å². The molecule has 0 radical (unpaired) electrons. The molecule has 1 atom stereocenters. The van der Waals surface area contributed by atoms with Crippen molar-refractivity contribution in [2.75, 3.05) is 13.1 Å². The predicted molar refractivity (Wildman–Crippen MR) is 167 cm³/mol. The molecule has 196 valence electrons. The molecule has 0 amide bonds. The van der Waals surface area contributed by atoms with Gasteiger partial charge in [-0.2, -0.15) is 0 Å². The van der Waals surface area contributed by atoms with Gasteiger partial charge < -0.3 is 4.90 Å². The minimum atomic E-state index is -0.0440. The average molecular weight is 531 g/mol. The van der Waals surface area contributed by atoms with Gasteiger partial charge in [0.05, 0.1) is 16.4 Å². The van der Waals surface area contributed by atoms with E-state index in [9.17, 15) is 0 Å². The van der Waals surface area contributed by atoms with Gasteiger partial charge in [-0.25, -0.2) is 0 Å². The minimum Gasteiger partial charge on any atom is -0.367 e. The Balaban J connectivity index is 1.28. The van der Waals surface area contributed by atoms with E-state index in [4.69, 9.17) is 16.6 Å². The fourth-order valence-corrected chi connectivity index (χ4v) is 7.14. The summed E-state index contributed by atoms with van der Waals surface area (Å²) in [5.41, 5.74) is 11.9. The minimum absolute atomic E-state index is 0.0405. The smallest absolute Gasteiger partial charge is 0.0855 e. The molecule has 1 unspecified atom stereocenters. The van der Waals surface area contributed by atoms with E-state index in [-0.39, 0.29) is 10.8 Å². The monoisotopic (exact) mass is 530 g/mol. The number of halogens is 1. The summed E-state index contributed by atoms with van der Waals surface area (Å²) in [4.78, 5) is 7.41. The van der Waals surface area contributed by atoms with E-state index in [0.29, 0.717) is 5.02 Å². The van der Waals surface area contributed by atoms with Crippen LogP contribution in [0.25, 0.3) is 17.3 Å². The summed E-state index contributed by atoms with van der Waals surface area (Å²) in [7, 11) is 0. The van der Waals surface area contributed by atoms with Gasteiger partial charge >= 0.3 is 0 Å². The Morgan fingerprint density at radius 1 is 0.974 bits per heavy atom. The number of allylic oxidation sites excluding steroid dienone is 2. The zero-order valence-electron chi connectivity index (χ0n) is 23.1. The Bertz CT molecular complexity index is 1580. The first-order valence-electron chi connectivity index (χ1n) is 13.7. The Labute approximate surface area is 237 Å². The van der Waals surface area contributed by atoms with Crippen LogP contribution >= 0.6 is 11.6 Å². The van der Waals surface area contributed by atoms with Gasteiger partial charge in [0.15, 0.2) is 0 Å². The largest absolute Gasteiger partial charge is 0.367 e. The highest BCUT2D eigenvalue weighted by Crippen LogP contribution is 2.55. The van der Waals surface area contributed by atoms with Crippen molar-refractivity contribution in [3.8, 4) is 0 Å². The molecule has 3 aromatic rings. The predicted octanol–water partition coefficient (Wildman–Crippen LogP) is 9.39. The first-order valence-corrected chi connectivity index (χ1v) is 14.1. The number of para-hydroxylation sites is 1. The highest BCUT2D eigenvalue weighted by Gasteiger charge is 2.46. The van der Waals surface area contributed by atoms with Crippen LogP contribution in [0.15, 0.2) is 103 Å². The van der Waals surface area contributed by atoms with Crippen LogP contribution in [0.4, 0.5) is 5.69 Å². The Morgan fingerprint density at radius 2 is 1.74 bits per heavy atom. The average Bonchev–Trinajstić information content (AvgIpc) is 3.38. The maximum absolute atomic E-state index is 6.46. The van der Waals surface area contributed by atoms with Gasteiger partial charge in [0, 0.05) is 47.2 Å². The third-order valence-corrected chi connectivity index (χ3v) is 9.18. The molecule has 3 aliphatic rings. The van der Waals surface area contributed by atoms with Crippen LogP contribution in [0, 0.1) is 10.8 Å². The van der Waals surface area contributed by atoms with Gasteiger partial charge in [0.25, 0.3) is 0 Å². The number of nitrogens with zero attached hydrogens (tertiary/aromatic N) is 2. The van der Waals surface area contributed by atoms with E-state index in [1.165, 1.54) is 22.3 Å². The first kappa shape index (κ1) is 25.6. The number of fused-ring (bicyclic) bond motifs is 2.